The number of nitrogens with zero attached hydrogens (tertiary/aromatic N) is 4. The van der Waals surface area contributed by atoms with Gasteiger partial charge >= 0.3 is 0 Å². The van der Waals surface area contributed by atoms with E-state index in [1.807, 2.05) is 0 Å². The summed E-state index contributed by atoms with van der Waals surface area (Å²) in [5, 5.41) is 17.7. The highest BCUT2D eigenvalue weighted by Gasteiger charge is 2.30. The van der Waals surface area contributed by atoms with E-state index in [0.717, 1.165) is 16.9 Å². The normalized spacial score (nSPS) is 13.2. The Morgan fingerprint density at radius 3 is 1.75 bits per heavy atom. The average Bonchev–Trinajstić information content (AvgIpc) is 4.12. The molecule has 0 atom stereocenters. The lowest BCUT2D eigenvalue weighted by molar-refractivity contribution is 0.591. The molecule has 0 spiro atoms. The zero-order valence-corrected chi connectivity index (χ0v) is 38.5. The van der Waals surface area contributed by atoms with Crippen LogP contribution < -0.4 is 0 Å². The summed E-state index contributed by atoms with van der Waals surface area (Å²) in [6, 6.07) is 61.7. The van der Waals surface area contributed by atoms with Crippen molar-refractivity contribution in [3.05, 3.63) is 181 Å². The SMILES string of the molecule is CC(C)(C)c1ccc2c(c1)c1cc3ccccc3c3c4c5c6cc(C(C)(C)C)cc7c8cc9ccccc9c(-c9ccc%10c(c9)c9ccccc9n%10-c9ccccc9)c8n(c5cnc4n2c13)c76. The maximum absolute atomic E-state index is 5.61. The molecule has 0 unspecified atom stereocenters. The Morgan fingerprint density at radius 1 is 0.373 bits per heavy atom. The van der Waals surface area contributed by atoms with Gasteiger partial charge in [0.25, 0.3) is 0 Å². The molecule has 4 nitrogen and oxygen atoms in total. The van der Waals surface area contributed by atoms with Gasteiger partial charge in [-0.2, -0.15) is 0 Å². The zero-order chi connectivity index (χ0) is 44.8. The fraction of sp³-hybridized carbons (Fsp3) is 0.127. The lowest BCUT2D eigenvalue weighted by Gasteiger charge is -2.19. The fourth-order valence-corrected chi connectivity index (χ4v) is 12.2. The molecule has 9 aromatic carbocycles. The first kappa shape index (κ1) is 37.3. The molecule has 0 radical (unpaired) electrons. The first-order valence-electron chi connectivity index (χ1n) is 23.7. The number of fused-ring (bicyclic) bond motifs is 19. The molecule has 0 aliphatic carbocycles. The minimum atomic E-state index is -0.0886. The lowest BCUT2D eigenvalue weighted by Crippen LogP contribution is -2.10. The molecule has 0 amide bonds. The van der Waals surface area contributed by atoms with E-state index in [1.165, 1.54) is 131 Å². The molecule has 0 fully saturated rings. The Hall–Kier alpha value is -7.95. The van der Waals surface area contributed by atoms with Crippen LogP contribution in [0.1, 0.15) is 52.7 Å². The van der Waals surface area contributed by atoms with Crippen molar-refractivity contribution in [2.24, 2.45) is 0 Å². The topological polar surface area (TPSA) is 26.6 Å². The summed E-state index contributed by atoms with van der Waals surface area (Å²) in [6.07, 6.45) is 2.19. The monoisotopic (exact) mass is 858 g/mol. The molecule has 15 rings (SSSR count). The third kappa shape index (κ3) is 4.74. The number of benzene rings is 9. The van der Waals surface area contributed by atoms with Gasteiger partial charge in [0.15, 0.2) is 0 Å². The largest absolute Gasteiger partial charge is 0.309 e. The van der Waals surface area contributed by atoms with Gasteiger partial charge < -0.3 is 8.97 Å². The van der Waals surface area contributed by atoms with Crippen molar-refractivity contribution in [2.75, 3.05) is 0 Å². The van der Waals surface area contributed by atoms with E-state index in [1.54, 1.807) is 0 Å². The first-order valence-corrected chi connectivity index (χ1v) is 23.7. The summed E-state index contributed by atoms with van der Waals surface area (Å²) in [5.41, 5.74) is 15.8. The van der Waals surface area contributed by atoms with Gasteiger partial charge in [0.1, 0.15) is 5.65 Å². The smallest absolute Gasteiger partial charge is 0.146 e. The number of aromatic nitrogens is 4. The second-order valence-electron chi connectivity index (χ2n) is 21.2. The standard InChI is InChI=1S/C63H46N4/c1-62(2,3)38-25-27-52-45(31-38)46-28-36-17-11-13-21-42(36)56-57-55-49-33-39(63(4,5)6)32-48-47-29-35-16-10-12-20-41(35)54(59(47)66(58(48)49)53(55)34-64-61(57)67(52)60(46)56)37-24-26-51-44(30-37)43-22-14-15-23-50(43)65(51)40-18-8-7-9-19-40/h7-34H,1-6H3. The molecule has 6 aromatic heterocycles. The second-order valence-corrected chi connectivity index (χ2v) is 21.2. The Balaban J connectivity index is 1.15. The third-order valence-corrected chi connectivity index (χ3v) is 15.4. The van der Waals surface area contributed by atoms with Crippen molar-refractivity contribution < 1.29 is 0 Å². The molecule has 67 heavy (non-hydrogen) atoms. The maximum atomic E-state index is 5.61. The Bertz CT molecular complexity index is 4620. The molecule has 15 aromatic rings. The van der Waals surface area contributed by atoms with Crippen LogP contribution in [0.5, 0.6) is 0 Å². The summed E-state index contributed by atoms with van der Waals surface area (Å²) in [4.78, 5) is 5.61. The second kappa shape index (κ2) is 12.5. The Morgan fingerprint density at radius 2 is 0.970 bits per heavy atom. The summed E-state index contributed by atoms with van der Waals surface area (Å²) in [6.45, 7) is 14.0. The molecule has 0 saturated carbocycles. The van der Waals surface area contributed by atoms with E-state index in [0.29, 0.717) is 0 Å². The van der Waals surface area contributed by atoms with Crippen molar-refractivity contribution in [2.45, 2.75) is 52.4 Å². The number of para-hydroxylation sites is 2. The van der Waals surface area contributed by atoms with Crippen LogP contribution in [0.15, 0.2) is 170 Å². The van der Waals surface area contributed by atoms with Crippen LogP contribution in [0.2, 0.25) is 0 Å². The Labute approximate surface area is 386 Å². The molecule has 0 aliphatic heterocycles. The predicted molar refractivity (Wildman–Crippen MR) is 286 cm³/mol. The fourth-order valence-electron chi connectivity index (χ4n) is 12.2. The van der Waals surface area contributed by atoms with Crippen LogP contribution in [0.4, 0.5) is 0 Å². The van der Waals surface area contributed by atoms with Crippen molar-refractivity contribution in [1.29, 1.82) is 0 Å². The number of hydrogen-bond acceptors (Lipinski definition) is 1. The van der Waals surface area contributed by atoms with Crippen LogP contribution in [0.25, 0.3) is 136 Å². The van der Waals surface area contributed by atoms with Gasteiger partial charge in [-0.15, -0.1) is 0 Å². The van der Waals surface area contributed by atoms with E-state index in [4.69, 9.17) is 4.98 Å². The molecular formula is C63H46N4. The minimum Gasteiger partial charge on any atom is -0.309 e. The molecule has 0 N–H and O–H groups in total. The molecule has 6 heterocycles. The summed E-state index contributed by atoms with van der Waals surface area (Å²) < 4.78 is 7.48. The van der Waals surface area contributed by atoms with Crippen molar-refractivity contribution in [1.82, 2.24) is 18.4 Å². The minimum absolute atomic E-state index is 0.0278. The quantitative estimate of drug-likeness (QED) is 0.170. The zero-order valence-electron chi connectivity index (χ0n) is 38.5. The third-order valence-electron chi connectivity index (χ3n) is 15.4. The molecule has 0 aliphatic rings. The van der Waals surface area contributed by atoms with E-state index >= 15 is 0 Å². The molecule has 0 bridgehead atoms. The molecule has 0 saturated heterocycles. The van der Waals surface area contributed by atoms with E-state index in [9.17, 15) is 0 Å². The van der Waals surface area contributed by atoms with Crippen molar-refractivity contribution in [3.63, 3.8) is 0 Å². The molecule has 318 valence electrons. The van der Waals surface area contributed by atoms with Crippen LogP contribution in [-0.4, -0.2) is 18.4 Å². The maximum Gasteiger partial charge on any atom is 0.146 e. The number of rotatable bonds is 2. The van der Waals surface area contributed by atoms with Crippen LogP contribution in [-0.2, 0) is 10.8 Å². The van der Waals surface area contributed by atoms with Crippen LogP contribution in [0.3, 0.4) is 0 Å². The van der Waals surface area contributed by atoms with Gasteiger partial charge in [0.05, 0.1) is 44.8 Å². The highest BCUT2D eigenvalue weighted by atomic mass is 15.0. The van der Waals surface area contributed by atoms with Crippen LogP contribution in [0, 0.1) is 0 Å². The molecule has 4 heteroatoms. The predicted octanol–water partition coefficient (Wildman–Crippen LogP) is 17.0. The number of pyridine rings is 1. The highest BCUT2D eigenvalue weighted by Crippen LogP contribution is 2.52. The van der Waals surface area contributed by atoms with E-state index in [2.05, 4.69) is 225 Å². The van der Waals surface area contributed by atoms with Gasteiger partial charge in [-0.05, 0) is 116 Å². The van der Waals surface area contributed by atoms with Gasteiger partial charge in [-0.25, -0.2) is 4.98 Å². The van der Waals surface area contributed by atoms with Gasteiger partial charge in [-0.1, -0.05) is 139 Å². The summed E-state index contributed by atoms with van der Waals surface area (Å²) in [7, 11) is 0. The Kier molecular flexibility index (Phi) is 6.94. The van der Waals surface area contributed by atoms with Gasteiger partial charge in [0, 0.05) is 65.1 Å². The van der Waals surface area contributed by atoms with Crippen LogP contribution >= 0.6 is 0 Å². The summed E-state index contributed by atoms with van der Waals surface area (Å²) in [5.74, 6) is 0. The molecular weight excluding hydrogens is 813 g/mol. The highest BCUT2D eigenvalue weighted by molar-refractivity contribution is 6.39. The first-order chi connectivity index (χ1) is 32.5. The van der Waals surface area contributed by atoms with E-state index in [-0.39, 0.29) is 10.8 Å². The summed E-state index contributed by atoms with van der Waals surface area (Å²) >= 11 is 0. The average molecular weight is 859 g/mol. The van der Waals surface area contributed by atoms with Crippen molar-refractivity contribution in [3.8, 4) is 16.8 Å². The van der Waals surface area contributed by atoms with E-state index < -0.39 is 0 Å². The van der Waals surface area contributed by atoms with Gasteiger partial charge in [-0.3, -0.25) is 4.40 Å². The van der Waals surface area contributed by atoms with Gasteiger partial charge in [0.2, 0.25) is 0 Å². The number of hydrogen-bond donors (Lipinski definition) is 0. The lowest BCUT2D eigenvalue weighted by atomic mass is 9.85. The van der Waals surface area contributed by atoms with Crippen molar-refractivity contribution >= 4 is 120 Å².